The van der Waals surface area contributed by atoms with Gasteiger partial charge in [-0.3, -0.25) is 14.4 Å². The molecule has 4 rings (SSSR count). The van der Waals surface area contributed by atoms with Crippen molar-refractivity contribution < 1.29 is 29.0 Å². The molecule has 1 aromatic carbocycles. The van der Waals surface area contributed by atoms with E-state index in [4.69, 9.17) is 21.1 Å². The van der Waals surface area contributed by atoms with Crippen molar-refractivity contribution in [2.75, 3.05) is 31.2 Å². The molecule has 1 N–H and O–H groups in total. The van der Waals surface area contributed by atoms with Crippen LogP contribution < -0.4 is 4.90 Å². The number of amides is 2. The maximum absolute atomic E-state index is 14.4. The van der Waals surface area contributed by atoms with Crippen molar-refractivity contribution >= 4 is 35.1 Å². The molecule has 2 unspecified atom stereocenters. The molecule has 3 heterocycles. The fraction of sp³-hybridized carbons (Fsp3) is 0.536. The number of anilines is 1. The summed E-state index contributed by atoms with van der Waals surface area (Å²) in [5, 5.41) is 9.74. The van der Waals surface area contributed by atoms with Gasteiger partial charge in [-0.25, -0.2) is 0 Å². The molecule has 3 aliphatic heterocycles. The number of unbranched alkanes of at least 4 members (excludes halogenated alkanes) is 1. The number of hydrogen-bond donors (Lipinski definition) is 1. The standard InChI is InChI=1S/C28H35ClN2O6/c1-4-6-18-36-26(35)22-21-24(33)31(16-9-10-17-32)23(28(21)14-13-27(22,3)37-28)25(34)30(15-5-2)20-12-8-7-11-19(20)29/h4-5,7-8,11-12,21-23,32H,1-2,6,9-10,13-18H2,3H3/t21-,22+,23?,27-,28?/m0/s1. The minimum absolute atomic E-state index is 0.0236. The van der Waals surface area contributed by atoms with Gasteiger partial charge in [0.15, 0.2) is 0 Å². The number of ether oxygens (including phenoxy) is 2. The Hall–Kier alpha value is -2.68. The highest BCUT2D eigenvalue weighted by atomic mass is 35.5. The SMILES string of the molecule is C=CCCOC(=O)[C@H]1[C@H]2C(=O)N(CCCCO)C(C(=O)N(CC=C)c3ccccc3Cl)C23CC[C@]1(C)O3. The number of aliphatic hydroxyl groups excluding tert-OH is 1. The summed E-state index contributed by atoms with van der Waals surface area (Å²) in [6.45, 7) is 9.89. The first-order chi connectivity index (χ1) is 17.8. The van der Waals surface area contributed by atoms with E-state index in [9.17, 15) is 19.5 Å². The van der Waals surface area contributed by atoms with Gasteiger partial charge in [0, 0.05) is 19.7 Å². The molecule has 1 spiro atoms. The predicted molar refractivity (Wildman–Crippen MR) is 140 cm³/mol. The first-order valence-corrected chi connectivity index (χ1v) is 13.2. The fourth-order valence-electron chi connectivity index (χ4n) is 6.28. The number of benzene rings is 1. The Kier molecular flexibility index (Phi) is 8.11. The summed E-state index contributed by atoms with van der Waals surface area (Å²) in [6, 6.07) is 6.07. The molecule has 3 aliphatic rings. The van der Waals surface area contributed by atoms with Gasteiger partial charge in [-0.15, -0.1) is 13.2 Å². The Bertz CT molecular complexity index is 1080. The van der Waals surface area contributed by atoms with Gasteiger partial charge in [0.1, 0.15) is 17.6 Å². The quantitative estimate of drug-likeness (QED) is 0.252. The van der Waals surface area contributed by atoms with Gasteiger partial charge >= 0.3 is 5.97 Å². The van der Waals surface area contributed by atoms with Crippen molar-refractivity contribution in [3.8, 4) is 0 Å². The van der Waals surface area contributed by atoms with E-state index in [1.807, 2.05) is 6.92 Å². The highest BCUT2D eigenvalue weighted by molar-refractivity contribution is 6.34. The van der Waals surface area contributed by atoms with E-state index in [-0.39, 0.29) is 38.1 Å². The van der Waals surface area contributed by atoms with E-state index in [2.05, 4.69) is 13.2 Å². The second kappa shape index (κ2) is 11.0. The molecule has 8 nitrogen and oxygen atoms in total. The fourth-order valence-corrected chi connectivity index (χ4v) is 6.52. The van der Waals surface area contributed by atoms with Crippen LogP contribution in [-0.4, -0.2) is 71.3 Å². The molecule has 2 amide bonds. The first-order valence-electron chi connectivity index (χ1n) is 12.8. The van der Waals surface area contributed by atoms with Crippen molar-refractivity contribution in [2.24, 2.45) is 11.8 Å². The van der Waals surface area contributed by atoms with Crippen LogP contribution >= 0.6 is 11.6 Å². The number of nitrogens with zero attached hydrogens (tertiary/aromatic N) is 2. The summed E-state index contributed by atoms with van der Waals surface area (Å²) in [5.41, 5.74) is -1.56. The van der Waals surface area contributed by atoms with Gasteiger partial charge < -0.3 is 24.4 Å². The minimum atomic E-state index is -1.16. The largest absolute Gasteiger partial charge is 0.465 e. The summed E-state index contributed by atoms with van der Waals surface area (Å²) >= 11 is 6.47. The van der Waals surface area contributed by atoms with Crippen LogP contribution in [0, 0.1) is 11.8 Å². The van der Waals surface area contributed by atoms with Gasteiger partial charge in [0.25, 0.3) is 5.91 Å². The molecule has 0 radical (unpaired) electrons. The number of carbonyl (C=O) groups is 3. The normalized spacial score (nSPS) is 29.8. The van der Waals surface area contributed by atoms with Crippen LogP contribution in [0.2, 0.25) is 5.02 Å². The predicted octanol–water partition coefficient (Wildman–Crippen LogP) is 3.52. The molecule has 2 bridgehead atoms. The summed E-state index contributed by atoms with van der Waals surface area (Å²) < 4.78 is 12.1. The molecule has 1 aromatic rings. The van der Waals surface area contributed by atoms with Gasteiger partial charge in [-0.05, 0) is 51.2 Å². The zero-order valence-electron chi connectivity index (χ0n) is 21.2. The molecule has 9 heteroatoms. The van der Waals surface area contributed by atoms with E-state index >= 15 is 0 Å². The average molecular weight is 531 g/mol. The number of aliphatic hydroxyl groups is 1. The highest BCUT2D eigenvalue weighted by Gasteiger charge is 2.78. The van der Waals surface area contributed by atoms with Gasteiger partial charge in [-0.2, -0.15) is 0 Å². The Morgan fingerprint density at radius 3 is 2.70 bits per heavy atom. The molecule has 5 atom stereocenters. The van der Waals surface area contributed by atoms with Crippen LogP contribution in [0.5, 0.6) is 0 Å². The van der Waals surface area contributed by atoms with Gasteiger partial charge in [0.2, 0.25) is 5.91 Å². The number of likely N-dealkylation sites (tertiary alicyclic amines) is 1. The minimum Gasteiger partial charge on any atom is -0.465 e. The molecule has 0 aliphatic carbocycles. The second-order valence-corrected chi connectivity index (χ2v) is 10.5. The molecule has 3 saturated heterocycles. The zero-order chi connectivity index (χ0) is 26.8. The second-order valence-electron chi connectivity index (χ2n) is 10.1. The number of para-hydroxylation sites is 1. The van der Waals surface area contributed by atoms with Crippen molar-refractivity contribution in [1.29, 1.82) is 0 Å². The maximum atomic E-state index is 14.4. The Morgan fingerprint density at radius 2 is 2.03 bits per heavy atom. The third-order valence-electron chi connectivity index (χ3n) is 7.86. The van der Waals surface area contributed by atoms with Crippen molar-refractivity contribution in [3.05, 3.63) is 54.6 Å². The van der Waals surface area contributed by atoms with Crippen LogP contribution in [0.15, 0.2) is 49.6 Å². The van der Waals surface area contributed by atoms with Crippen LogP contribution in [0.25, 0.3) is 0 Å². The molecule has 37 heavy (non-hydrogen) atoms. The molecule has 200 valence electrons. The third-order valence-corrected chi connectivity index (χ3v) is 8.18. The monoisotopic (exact) mass is 530 g/mol. The molecule has 3 fully saturated rings. The molecular formula is C28H35ClN2O6. The number of fused-ring (bicyclic) bond motifs is 1. The number of esters is 1. The first kappa shape index (κ1) is 27.4. The maximum Gasteiger partial charge on any atom is 0.312 e. The smallest absolute Gasteiger partial charge is 0.312 e. The lowest BCUT2D eigenvalue weighted by molar-refractivity contribution is -0.159. The van der Waals surface area contributed by atoms with E-state index in [1.165, 1.54) is 4.90 Å². The van der Waals surface area contributed by atoms with E-state index in [0.717, 1.165) is 0 Å². The Labute approximate surface area is 222 Å². The molecule has 0 saturated carbocycles. The number of hydrogen-bond acceptors (Lipinski definition) is 6. The lowest BCUT2D eigenvalue weighted by Gasteiger charge is -2.37. The van der Waals surface area contributed by atoms with E-state index < -0.39 is 35.0 Å². The summed E-state index contributed by atoms with van der Waals surface area (Å²) in [6.07, 6.45) is 5.76. The highest BCUT2D eigenvalue weighted by Crippen LogP contribution is 2.63. The van der Waals surface area contributed by atoms with Crippen molar-refractivity contribution in [2.45, 2.75) is 56.3 Å². The average Bonchev–Trinajstić information content (AvgIpc) is 3.44. The van der Waals surface area contributed by atoms with Crippen LogP contribution in [-0.2, 0) is 23.9 Å². The Balaban J connectivity index is 1.75. The van der Waals surface area contributed by atoms with Gasteiger partial charge in [-0.1, -0.05) is 35.9 Å². The van der Waals surface area contributed by atoms with Crippen LogP contribution in [0.1, 0.15) is 39.0 Å². The number of rotatable bonds is 12. The van der Waals surface area contributed by atoms with E-state index in [1.54, 1.807) is 41.3 Å². The zero-order valence-corrected chi connectivity index (χ0v) is 22.0. The number of halogens is 1. The van der Waals surface area contributed by atoms with Crippen molar-refractivity contribution in [3.63, 3.8) is 0 Å². The lowest BCUT2D eigenvalue weighted by atomic mass is 9.66. The summed E-state index contributed by atoms with van der Waals surface area (Å²) in [7, 11) is 0. The summed E-state index contributed by atoms with van der Waals surface area (Å²) in [5.74, 6) is -2.75. The molecular weight excluding hydrogens is 496 g/mol. The van der Waals surface area contributed by atoms with Crippen LogP contribution in [0.4, 0.5) is 5.69 Å². The van der Waals surface area contributed by atoms with Crippen LogP contribution in [0.3, 0.4) is 0 Å². The lowest BCUT2D eigenvalue weighted by Crippen LogP contribution is -2.56. The third kappa shape index (κ3) is 4.60. The van der Waals surface area contributed by atoms with Gasteiger partial charge in [0.05, 0.1) is 28.8 Å². The number of carbonyl (C=O) groups excluding carboxylic acids is 3. The van der Waals surface area contributed by atoms with E-state index in [0.29, 0.717) is 42.8 Å². The topological polar surface area (TPSA) is 96.4 Å². The summed E-state index contributed by atoms with van der Waals surface area (Å²) in [4.78, 5) is 44.7. The Morgan fingerprint density at radius 1 is 1.27 bits per heavy atom. The molecule has 0 aromatic heterocycles. The van der Waals surface area contributed by atoms with Crippen molar-refractivity contribution in [1.82, 2.24) is 4.90 Å².